The van der Waals surface area contributed by atoms with Gasteiger partial charge in [0.2, 0.25) is 0 Å². The summed E-state index contributed by atoms with van der Waals surface area (Å²) in [6.07, 6.45) is 5.16. The zero-order valence-corrected chi connectivity index (χ0v) is 12.9. The maximum Gasteiger partial charge on any atom is 0.163 e. The SMILES string of the molecule is COc1cc2ncc(NC3CCC(O)CC3)nc2cc1OC. The van der Waals surface area contributed by atoms with Crippen LogP contribution in [-0.4, -0.2) is 41.4 Å². The second kappa shape index (κ2) is 6.36. The van der Waals surface area contributed by atoms with Crippen LogP contribution in [0.25, 0.3) is 11.0 Å². The van der Waals surface area contributed by atoms with Crippen molar-refractivity contribution in [3.63, 3.8) is 0 Å². The largest absolute Gasteiger partial charge is 0.493 e. The van der Waals surface area contributed by atoms with Gasteiger partial charge in [-0.1, -0.05) is 0 Å². The van der Waals surface area contributed by atoms with E-state index in [1.165, 1.54) is 0 Å². The summed E-state index contributed by atoms with van der Waals surface area (Å²) in [5, 5.41) is 13.0. The third-order valence-electron chi connectivity index (χ3n) is 4.10. The summed E-state index contributed by atoms with van der Waals surface area (Å²) < 4.78 is 10.6. The van der Waals surface area contributed by atoms with Gasteiger partial charge in [0.1, 0.15) is 5.82 Å². The number of aliphatic hydroxyl groups excluding tert-OH is 1. The number of nitrogens with zero attached hydrogens (tertiary/aromatic N) is 2. The first kappa shape index (κ1) is 14.8. The van der Waals surface area contributed by atoms with Gasteiger partial charge in [-0.15, -0.1) is 0 Å². The molecule has 22 heavy (non-hydrogen) atoms. The van der Waals surface area contributed by atoms with Crippen molar-refractivity contribution in [3.05, 3.63) is 18.3 Å². The van der Waals surface area contributed by atoms with Gasteiger partial charge in [0.25, 0.3) is 0 Å². The zero-order valence-electron chi connectivity index (χ0n) is 12.9. The smallest absolute Gasteiger partial charge is 0.163 e. The second-order valence-corrected chi connectivity index (χ2v) is 5.60. The van der Waals surface area contributed by atoms with Crippen LogP contribution in [-0.2, 0) is 0 Å². The number of aromatic nitrogens is 2. The highest BCUT2D eigenvalue weighted by atomic mass is 16.5. The molecule has 3 rings (SSSR count). The first-order valence-electron chi connectivity index (χ1n) is 7.53. The molecule has 0 spiro atoms. The lowest BCUT2D eigenvalue weighted by molar-refractivity contribution is 0.126. The van der Waals surface area contributed by atoms with Gasteiger partial charge >= 0.3 is 0 Å². The van der Waals surface area contributed by atoms with Crippen LogP contribution in [0.1, 0.15) is 25.7 Å². The van der Waals surface area contributed by atoms with E-state index in [9.17, 15) is 5.11 Å². The number of hydrogen-bond acceptors (Lipinski definition) is 6. The van der Waals surface area contributed by atoms with Gasteiger partial charge in [0.05, 0.1) is 37.6 Å². The van der Waals surface area contributed by atoms with Gasteiger partial charge in [-0.25, -0.2) is 4.98 Å². The van der Waals surface area contributed by atoms with Gasteiger partial charge in [-0.05, 0) is 25.7 Å². The van der Waals surface area contributed by atoms with Crippen LogP contribution < -0.4 is 14.8 Å². The molecule has 0 saturated heterocycles. The van der Waals surface area contributed by atoms with Crippen molar-refractivity contribution in [1.82, 2.24) is 9.97 Å². The minimum Gasteiger partial charge on any atom is -0.493 e. The third kappa shape index (κ3) is 3.06. The van der Waals surface area contributed by atoms with Crippen LogP contribution in [0.3, 0.4) is 0 Å². The normalized spacial score (nSPS) is 21.6. The predicted octanol–water partition coefficient (Wildman–Crippen LogP) is 2.36. The molecule has 1 aromatic carbocycles. The zero-order chi connectivity index (χ0) is 15.5. The molecule has 0 amide bonds. The quantitative estimate of drug-likeness (QED) is 0.903. The molecule has 1 aliphatic carbocycles. The highest BCUT2D eigenvalue weighted by Gasteiger charge is 2.19. The Morgan fingerprint density at radius 3 is 2.32 bits per heavy atom. The molecule has 0 atom stereocenters. The molecule has 1 fully saturated rings. The summed E-state index contributed by atoms with van der Waals surface area (Å²) in [6.45, 7) is 0. The molecule has 0 aliphatic heterocycles. The van der Waals surface area contributed by atoms with E-state index in [0.29, 0.717) is 17.5 Å². The Morgan fingerprint density at radius 2 is 1.68 bits per heavy atom. The maximum atomic E-state index is 9.56. The fraction of sp³-hybridized carbons (Fsp3) is 0.500. The van der Waals surface area contributed by atoms with E-state index in [4.69, 9.17) is 9.47 Å². The summed E-state index contributed by atoms with van der Waals surface area (Å²) in [4.78, 5) is 9.04. The van der Waals surface area contributed by atoms with E-state index in [2.05, 4.69) is 15.3 Å². The fourth-order valence-electron chi connectivity index (χ4n) is 2.84. The molecule has 0 radical (unpaired) electrons. The van der Waals surface area contributed by atoms with Gasteiger partial charge in [0.15, 0.2) is 11.5 Å². The Labute approximate surface area is 129 Å². The van der Waals surface area contributed by atoms with Crippen molar-refractivity contribution in [1.29, 1.82) is 0 Å². The topological polar surface area (TPSA) is 76.5 Å². The number of aliphatic hydroxyl groups is 1. The maximum absolute atomic E-state index is 9.56. The fourth-order valence-corrected chi connectivity index (χ4v) is 2.84. The van der Waals surface area contributed by atoms with Crippen molar-refractivity contribution in [2.45, 2.75) is 37.8 Å². The average Bonchev–Trinajstić information content (AvgIpc) is 2.55. The predicted molar refractivity (Wildman–Crippen MR) is 84.5 cm³/mol. The Kier molecular flexibility index (Phi) is 4.29. The monoisotopic (exact) mass is 303 g/mol. The molecule has 0 unspecified atom stereocenters. The molecular formula is C16H21N3O3. The summed E-state index contributed by atoms with van der Waals surface area (Å²) in [5.41, 5.74) is 1.53. The number of ether oxygens (including phenoxy) is 2. The highest BCUT2D eigenvalue weighted by molar-refractivity contribution is 5.80. The Hall–Kier alpha value is -2.08. The summed E-state index contributed by atoms with van der Waals surface area (Å²) >= 11 is 0. The first-order chi connectivity index (χ1) is 10.7. The Morgan fingerprint density at radius 1 is 1.05 bits per heavy atom. The van der Waals surface area contributed by atoms with Crippen LogP contribution in [0.5, 0.6) is 11.5 Å². The van der Waals surface area contributed by atoms with E-state index in [0.717, 1.165) is 42.5 Å². The molecular weight excluding hydrogens is 282 g/mol. The number of methoxy groups -OCH3 is 2. The van der Waals surface area contributed by atoms with E-state index < -0.39 is 0 Å². The van der Waals surface area contributed by atoms with Crippen LogP contribution in [0.4, 0.5) is 5.82 Å². The minimum atomic E-state index is -0.155. The molecule has 1 heterocycles. The van der Waals surface area contributed by atoms with Crippen LogP contribution >= 0.6 is 0 Å². The lowest BCUT2D eigenvalue weighted by atomic mass is 9.93. The van der Waals surface area contributed by atoms with E-state index in [1.54, 1.807) is 20.4 Å². The minimum absolute atomic E-state index is 0.155. The summed E-state index contributed by atoms with van der Waals surface area (Å²) in [5.74, 6) is 2.04. The number of hydrogen-bond donors (Lipinski definition) is 2. The lowest BCUT2D eigenvalue weighted by Gasteiger charge is -2.26. The Balaban J connectivity index is 1.83. The van der Waals surface area contributed by atoms with Gasteiger partial charge < -0.3 is 19.9 Å². The van der Waals surface area contributed by atoms with Crippen molar-refractivity contribution in [2.24, 2.45) is 0 Å². The molecule has 118 valence electrons. The average molecular weight is 303 g/mol. The summed E-state index contributed by atoms with van der Waals surface area (Å²) in [6, 6.07) is 3.99. The molecule has 1 saturated carbocycles. The van der Waals surface area contributed by atoms with Gasteiger partial charge in [0, 0.05) is 18.2 Å². The number of rotatable bonds is 4. The molecule has 6 nitrogen and oxygen atoms in total. The molecule has 6 heteroatoms. The Bertz CT molecular complexity index is 654. The molecule has 2 aromatic rings. The van der Waals surface area contributed by atoms with Crippen molar-refractivity contribution < 1.29 is 14.6 Å². The summed E-state index contributed by atoms with van der Waals surface area (Å²) in [7, 11) is 3.21. The molecule has 1 aromatic heterocycles. The van der Waals surface area contributed by atoms with E-state index in [1.807, 2.05) is 12.1 Å². The van der Waals surface area contributed by atoms with Crippen LogP contribution in [0.15, 0.2) is 18.3 Å². The number of anilines is 1. The van der Waals surface area contributed by atoms with Crippen molar-refractivity contribution >= 4 is 16.9 Å². The number of fused-ring (bicyclic) bond motifs is 1. The van der Waals surface area contributed by atoms with E-state index >= 15 is 0 Å². The highest BCUT2D eigenvalue weighted by Crippen LogP contribution is 2.31. The third-order valence-corrected chi connectivity index (χ3v) is 4.10. The molecule has 0 bridgehead atoms. The van der Waals surface area contributed by atoms with Crippen LogP contribution in [0.2, 0.25) is 0 Å². The lowest BCUT2D eigenvalue weighted by Crippen LogP contribution is -2.28. The second-order valence-electron chi connectivity index (χ2n) is 5.60. The van der Waals surface area contributed by atoms with E-state index in [-0.39, 0.29) is 6.10 Å². The van der Waals surface area contributed by atoms with Gasteiger partial charge in [-0.3, -0.25) is 4.98 Å². The van der Waals surface area contributed by atoms with Crippen LogP contribution in [0, 0.1) is 0 Å². The first-order valence-corrected chi connectivity index (χ1v) is 7.53. The number of benzene rings is 1. The van der Waals surface area contributed by atoms with Crippen molar-refractivity contribution in [3.8, 4) is 11.5 Å². The van der Waals surface area contributed by atoms with Crippen molar-refractivity contribution in [2.75, 3.05) is 19.5 Å². The standard InChI is InChI=1S/C16H21N3O3/c1-21-14-7-12-13(8-15(14)22-2)19-16(9-17-12)18-10-3-5-11(20)6-4-10/h7-11,20H,3-6H2,1-2H3,(H,18,19). The molecule has 1 aliphatic rings. The molecule has 2 N–H and O–H groups in total. The van der Waals surface area contributed by atoms with Gasteiger partial charge in [-0.2, -0.15) is 0 Å². The number of nitrogens with one attached hydrogen (secondary N) is 1.